The van der Waals surface area contributed by atoms with Gasteiger partial charge in [0.25, 0.3) is 0 Å². The minimum atomic E-state index is -0.282. The zero-order valence-corrected chi connectivity index (χ0v) is 15.2. The SMILES string of the molecule is CCN1CCN(c2ccc3nc(-c4n[nH]c5cc(F)ccc45)[nH]c3c2)CC1. The molecule has 0 bridgehead atoms. The summed E-state index contributed by atoms with van der Waals surface area (Å²) < 4.78 is 13.4. The average molecular weight is 364 g/mol. The first-order valence-electron chi connectivity index (χ1n) is 9.32. The Balaban J connectivity index is 1.48. The Morgan fingerprint density at radius 1 is 1.04 bits per heavy atom. The normalized spacial score (nSPS) is 15.9. The number of benzene rings is 2. The maximum Gasteiger partial charge on any atom is 0.159 e. The molecule has 1 aliphatic heterocycles. The third-order valence-corrected chi connectivity index (χ3v) is 5.40. The largest absolute Gasteiger partial charge is 0.369 e. The zero-order valence-electron chi connectivity index (χ0n) is 15.2. The van der Waals surface area contributed by atoms with Crippen LogP contribution in [0.1, 0.15) is 6.92 Å². The van der Waals surface area contributed by atoms with Gasteiger partial charge in [-0.25, -0.2) is 9.37 Å². The van der Waals surface area contributed by atoms with Crippen LogP contribution in [0.3, 0.4) is 0 Å². The van der Waals surface area contributed by atoms with Gasteiger partial charge in [-0.3, -0.25) is 5.10 Å². The highest BCUT2D eigenvalue weighted by Crippen LogP contribution is 2.28. The molecule has 0 amide bonds. The van der Waals surface area contributed by atoms with Gasteiger partial charge in [-0.05, 0) is 42.9 Å². The van der Waals surface area contributed by atoms with Crippen LogP contribution < -0.4 is 4.90 Å². The molecule has 0 radical (unpaired) electrons. The van der Waals surface area contributed by atoms with Crippen LogP contribution in [0.2, 0.25) is 0 Å². The molecule has 0 spiro atoms. The first-order chi connectivity index (χ1) is 13.2. The summed E-state index contributed by atoms with van der Waals surface area (Å²) in [5, 5.41) is 8.07. The summed E-state index contributed by atoms with van der Waals surface area (Å²) in [6.07, 6.45) is 0. The molecule has 2 N–H and O–H groups in total. The number of nitrogens with zero attached hydrogens (tertiary/aromatic N) is 4. The van der Waals surface area contributed by atoms with Gasteiger partial charge in [-0.2, -0.15) is 5.10 Å². The summed E-state index contributed by atoms with van der Waals surface area (Å²) >= 11 is 0. The van der Waals surface area contributed by atoms with Crippen LogP contribution in [-0.4, -0.2) is 57.8 Å². The number of nitrogens with one attached hydrogen (secondary N) is 2. The smallest absolute Gasteiger partial charge is 0.159 e. The fourth-order valence-electron chi connectivity index (χ4n) is 3.80. The lowest BCUT2D eigenvalue weighted by atomic mass is 10.2. The van der Waals surface area contributed by atoms with E-state index in [4.69, 9.17) is 0 Å². The number of hydrogen-bond acceptors (Lipinski definition) is 4. The van der Waals surface area contributed by atoms with E-state index in [0.717, 1.165) is 49.1 Å². The maximum absolute atomic E-state index is 13.4. The van der Waals surface area contributed by atoms with Crippen molar-refractivity contribution in [2.75, 3.05) is 37.6 Å². The fourth-order valence-corrected chi connectivity index (χ4v) is 3.80. The number of imidazole rings is 1. The van der Waals surface area contributed by atoms with E-state index in [2.05, 4.69) is 49.0 Å². The highest BCUT2D eigenvalue weighted by molar-refractivity contribution is 5.93. The van der Waals surface area contributed by atoms with E-state index < -0.39 is 0 Å². The number of halogens is 1. The van der Waals surface area contributed by atoms with Crippen molar-refractivity contribution in [1.82, 2.24) is 25.1 Å². The highest BCUT2D eigenvalue weighted by atomic mass is 19.1. The van der Waals surface area contributed by atoms with E-state index in [1.165, 1.54) is 17.8 Å². The van der Waals surface area contributed by atoms with Gasteiger partial charge in [0.05, 0.1) is 16.6 Å². The predicted molar refractivity (Wildman–Crippen MR) is 105 cm³/mol. The summed E-state index contributed by atoms with van der Waals surface area (Å²) in [5.41, 5.74) is 4.47. The Labute approximate surface area is 156 Å². The Hall–Kier alpha value is -2.93. The second-order valence-electron chi connectivity index (χ2n) is 6.97. The van der Waals surface area contributed by atoms with Crippen LogP contribution in [0.4, 0.5) is 10.1 Å². The van der Waals surface area contributed by atoms with Crippen molar-refractivity contribution in [3.05, 3.63) is 42.2 Å². The number of hydrogen-bond donors (Lipinski definition) is 2. The summed E-state index contributed by atoms with van der Waals surface area (Å²) in [6.45, 7) is 7.59. The molecule has 0 atom stereocenters. The van der Waals surface area contributed by atoms with Crippen molar-refractivity contribution >= 4 is 27.6 Å². The van der Waals surface area contributed by atoms with Gasteiger partial charge in [0.2, 0.25) is 0 Å². The Morgan fingerprint density at radius 3 is 2.70 bits per heavy atom. The lowest BCUT2D eigenvalue weighted by Gasteiger charge is -2.35. The Morgan fingerprint density at radius 2 is 1.89 bits per heavy atom. The van der Waals surface area contributed by atoms with E-state index in [-0.39, 0.29) is 5.82 Å². The van der Waals surface area contributed by atoms with Gasteiger partial charge >= 0.3 is 0 Å². The van der Waals surface area contributed by atoms with Crippen LogP contribution in [0.15, 0.2) is 36.4 Å². The first-order valence-corrected chi connectivity index (χ1v) is 9.32. The molecule has 0 aliphatic carbocycles. The van der Waals surface area contributed by atoms with E-state index in [1.807, 2.05) is 6.07 Å². The van der Waals surface area contributed by atoms with Crippen molar-refractivity contribution in [2.45, 2.75) is 6.92 Å². The van der Waals surface area contributed by atoms with Crippen molar-refractivity contribution in [2.24, 2.45) is 0 Å². The highest BCUT2D eigenvalue weighted by Gasteiger charge is 2.17. The first kappa shape index (κ1) is 16.3. The third-order valence-electron chi connectivity index (χ3n) is 5.40. The van der Waals surface area contributed by atoms with Crippen LogP contribution in [0, 0.1) is 5.82 Å². The van der Waals surface area contributed by atoms with Gasteiger partial charge in [-0.15, -0.1) is 0 Å². The number of anilines is 1. The topological polar surface area (TPSA) is 63.8 Å². The van der Waals surface area contributed by atoms with Crippen molar-refractivity contribution in [3.8, 4) is 11.5 Å². The molecule has 7 heteroatoms. The average Bonchev–Trinajstić information content (AvgIpc) is 3.30. The number of likely N-dealkylation sites (N-methyl/N-ethyl adjacent to an activating group) is 1. The Bertz CT molecular complexity index is 1110. The molecule has 4 aromatic rings. The van der Waals surface area contributed by atoms with Crippen LogP contribution in [-0.2, 0) is 0 Å². The maximum atomic E-state index is 13.4. The molecular weight excluding hydrogens is 343 g/mol. The fraction of sp³-hybridized carbons (Fsp3) is 0.300. The molecule has 0 unspecified atom stereocenters. The number of piperazine rings is 1. The molecule has 27 heavy (non-hydrogen) atoms. The molecule has 2 aromatic carbocycles. The summed E-state index contributed by atoms with van der Waals surface area (Å²) in [4.78, 5) is 12.9. The van der Waals surface area contributed by atoms with Gasteiger partial charge in [0.15, 0.2) is 5.82 Å². The molecule has 2 aromatic heterocycles. The quantitative estimate of drug-likeness (QED) is 0.585. The van der Waals surface area contributed by atoms with Crippen molar-refractivity contribution in [3.63, 3.8) is 0 Å². The number of aromatic amines is 2. The number of rotatable bonds is 3. The molecule has 1 fully saturated rings. The van der Waals surface area contributed by atoms with Crippen LogP contribution in [0.5, 0.6) is 0 Å². The monoisotopic (exact) mass is 364 g/mol. The molecule has 5 rings (SSSR count). The molecule has 138 valence electrons. The van der Waals surface area contributed by atoms with Gasteiger partial charge in [0.1, 0.15) is 11.5 Å². The summed E-state index contributed by atoms with van der Waals surface area (Å²) in [7, 11) is 0. The van der Waals surface area contributed by atoms with Crippen LogP contribution in [0.25, 0.3) is 33.5 Å². The van der Waals surface area contributed by atoms with Gasteiger partial charge < -0.3 is 14.8 Å². The molecule has 6 nitrogen and oxygen atoms in total. The van der Waals surface area contributed by atoms with E-state index in [1.54, 1.807) is 6.07 Å². The molecular formula is C20H21FN6. The molecule has 1 aliphatic rings. The van der Waals surface area contributed by atoms with Crippen molar-refractivity contribution in [1.29, 1.82) is 0 Å². The van der Waals surface area contributed by atoms with Gasteiger partial charge in [0, 0.05) is 37.3 Å². The number of fused-ring (bicyclic) bond motifs is 2. The molecule has 3 heterocycles. The summed E-state index contributed by atoms with van der Waals surface area (Å²) in [5.74, 6) is 0.408. The van der Waals surface area contributed by atoms with E-state index in [9.17, 15) is 4.39 Å². The van der Waals surface area contributed by atoms with E-state index in [0.29, 0.717) is 17.0 Å². The standard InChI is InChI=1S/C20H21FN6/c1-2-26-7-9-27(10-8-26)14-4-6-16-18(12-14)23-20(22-16)19-15-5-3-13(21)11-17(15)24-25-19/h3-6,11-12H,2,7-10H2,1H3,(H,22,23)(H,24,25). The second-order valence-corrected chi connectivity index (χ2v) is 6.97. The van der Waals surface area contributed by atoms with Crippen molar-refractivity contribution < 1.29 is 4.39 Å². The number of aromatic nitrogens is 4. The lowest BCUT2D eigenvalue weighted by Crippen LogP contribution is -2.46. The summed E-state index contributed by atoms with van der Waals surface area (Å²) in [6, 6.07) is 11.0. The van der Waals surface area contributed by atoms with Crippen LogP contribution >= 0.6 is 0 Å². The minimum Gasteiger partial charge on any atom is -0.369 e. The Kier molecular flexibility index (Phi) is 3.82. The number of H-pyrrole nitrogens is 2. The second kappa shape index (κ2) is 6.35. The third kappa shape index (κ3) is 2.84. The predicted octanol–water partition coefficient (Wildman–Crippen LogP) is 3.39. The molecule has 0 saturated carbocycles. The molecule has 1 saturated heterocycles. The minimum absolute atomic E-state index is 0.282. The van der Waals surface area contributed by atoms with E-state index >= 15 is 0 Å². The van der Waals surface area contributed by atoms with Gasteiger partial charge in [-0.1, -0.05) is 6.92 Å². The zero-order chi connectivity index (χ0) is 18.4. The lowest BCUT2D eigenvalue weighted by molar-refractivity contribution is 0.271.